The Hall–Kier alpha value is 31.6. The zero-order valence-corrected chi connectivity index (χ0v) is 137. The van der Waals surface area contributed by atoms with Gasteiger partial charge in [-0.1, -0.05) is 57.7 Å². The van der Waals surface area contributed by atoms with Gasteiger partial charge >= 0.3 is 5.97 Å². The van der Waals surface area contributed by atoms with Crippen LogP contribution in [0, 0.1) is 10.8 Å². The van der Waals surface area contributed by atoms with Crippen LogP contribution in [-0.4, -0.2) is 62.5 Å². The number of rotatable bonds is 4. The van der Waals surface area contributed by atoms with Gasteiger partial charge in [0.2, 0.25) is 5.91 Å². The van der Waals surface area contributed by atoms with Gasteiger partial charge in [-0.25, -0.2) is 0 Å². The first-order valence-electron chi connectivity index (χ1n) is 17.3. The van der Waals surface area contributed by atoms with Crippen molar-refractivity contribution in [1.82, 2.24) is 19.4 Å². The predicted octanol–water partition coefficient (Wildman–Crippen LogP) is 7.99. The predicted molar refractivity (Wildman–Crippen MR) is 184 cm³/mol. The van der Waals surface area contributed by atoms with Gasteiger partial charge in [0.15, 0.2) is 0 Å². The van der Waals surface area contributed by atoms with E-state index in [1.165, 1.54) is 58.2 Å². The van der Waals surface area contributed by atoms with E-state index in [1.54, 1.807) is 0 Å². The second kappa shape index (κ2) is 202. The second-order valence-electron chi connectivity index (χ2n) is 14.4. The van der Waals surface area contributed by atoms with Crippen LogP contribution in [0.2, 0.25) is 0 Å². The molecule has 2 aromatic carbocycles. The maximum atomic E-state index is 13.0. The number of hydrogen-bond acceptors (Lipinski definition) is 4. The van der Waals surface area contributed by atoms with Crippen LogP contribution in [0.4, 0.5) is 0 Å². The minimum absolute atomic E-state index is 0. The molecule has 0 amide bonds. The fourth-order valence-corrected chi connectivity index (χ4v) is 10.4. The van der Waals surface area contributed by atoms with E-state index in [-0.39, 0.29) is 1140 Å². The van der Waals surface area contributed by atoms with Crippen molar-refractivity contribution in [3.63, 3.8) is 0 Å². The van der Waals surface area contributed by atoms with Crippen molar-refractivity contribution in [3.05, 3.63) is 71.0 Å². The van der Waals surface area contributed by atoms with Crippen LogP contribution in [0.15, 0.2) is 48.5 Å². The zero-order chi connectivity index (χ0) is 30.9. The third-order valence-corrected chi connectivity index (χ3v) is 12.5. The van der Waals surface area contributed by atoms with Gasteiger partial charge in [-0.05, 0) is 87.7 Å². The fourth-order valence-electron chi connectivity index (χ4n) is 10.4. The third-order valence-electron chi connectivity index (χ3n) is 12.5. The summed E-state index contributed by atoms with van der Waals surface area (Å²) in [5, 5.41) is 12.1. The number of aromatic amines is 1. The largest absolute Gasteiger partial charge is 0.481 e. The van der Waals surface area contributed by atoms with Crippen molar-refractivity contribution >= 4 is 33.7 Å². The SMILES string of the molecule is C.CC[C@@]1(CC(=O)O)CCCN2CCc3c([nH]c4ccccc34)[C@@H]21.CC[C@]12CCCN3CCc4c(n(c5ccccc45)C(=O)C1)[C@@H]32.[V].[V].[V].[V].[V].[V].[V].[V].[V].[V].[V].[V].[V].[V].[V].[V].[V].[V].[V].[V].[V].[V].[V].[V].[V].[V].[V].[V].[V].[V].[V].[V].[V].[V].[V].[V].[V].[V].[V].[V].[V].[V].[V].[V].[V].[V].[V].[V].[V].[V].[V].[V].[V].[V].[V].[V].[V].[V].[V].[V]. The van der Waals surface area contributed by atoms with E-state index < -0.39 is 5.97 Å². The maximum absolute atomic E-state index is 13.0. The van der Waals surface area contributed by atoms with Gasteiger partial charge in [0, 0.05) is 1170 Å². The Balaban J connectivity index is -0.00000000623. The average molecular weight is 3680 g/mol. The number of carbonyl (C=O) groups excluding carboxylic acids is 1. The molecule has 2 aromatic heterocycles. The van der Waals surface area contributed by atoms with Crippen LogP contribution in [0.1, 0.15) is 112 Å². The van der Waals surface area contributed by atoms with Crippen molar-refractivity contribution in [3.8, 4) is 0 Å². The Labute approximate surface area is 1350 Å². The van der Waals surface area contributed by atoms with Gasteiger partial charge in [-0.15, -0.1) is 0 Å². The van der Waals surface area contributed by atoms with Crippen LogP contribution < -0.4 is 0 Å². The van der Waals surface area contributed by atoms with Gasteiger partial charge in [0.05, 0.1) is 24.0 Å². The molecular formula is C39H50N4O3V60. The number of piperidine rings is 2. The van der Waals surface area contributed by atoms with E-state index in [2.05, 4.69) is 81.7 Å². The number of benzene rings is 2. The monoisotopic (exact) mass is 3680 g/mol. The summed E-state index contributed by atoms with van der Waals surface area (Å²) in [5.41, 5.74) is 7.82. The molecule has 60 radical (unpaired) electrons. The van der Waals surface area contributed by atoms with Crippen molar-refractivity contribution in [1.29, 1.82) is 0 Å². The first-order valence-corrected chi connectivity index (χ1v) is 17.3. The first-order chi connectivity index (χ1) is 21.9. The van der Waals surface area contributed by atoms with Crippen molar-refractivity contribution < 1.29 is 1130 Å². The van der Waals surface area contributed by atoms with E-state index >= 15 is 0 Å². The Morgan fingerprint density at radius 3 is 1.00 bits per heavy atom. The molecule has 106 heavy (non-hydrogen) atoms. The summed E-state index contributed by atoms with van der Waals surface area (Å²) in [4.78, 5) is 33.4. The Kier molecular flexibility index (Phi) is 699. The normalized spacial score (nSPS) is 12.3. The number of carboxylic acids is 1. The minimum atomic E-state index is -0.670. The molecule has 544 valence electrons. The number of aromatic nitrogens is 2. The molecule has 0 saturated carbocycles. The molecule has 7 heterocycles. The molecule has 7 nitrogen and oxygen atoms in total. The molecule has 4 aromatic rings. The summed E-state index contributed by atoms with van der Waals surface area (Å²) < 4.78 is 2.07. The number of hydrogen-bond donors (Lipinski definition) is 2. The number of carbonyl (C=O) groups is 2. The quantitative estimate of drug-likeness (QED) is 0.217. The summed E-state index contributed by atoms with van der Waals surface area (Å²) in [6.45, 7) is 8.91. The molecule has 4 atom stereocenters. The molecule has 5 aliphatic heterocycles. The Morgan fingerprint density at radius 2 is 0.679 bits per heavy atom. The van der Waals surface area contributed by atoms with Gasteiger partial charge in [0.1, 0.15) is 0 Å². The van der Waals surface area contributed by atoms with Crippen molar-refractivity contribution in [2.24, 2.45) is 10.8 Å². The van der Waals surface area contributed by atoms with Gasteiger partial charge < -0.3 is 10.1 Å². The van der Waals surface area contributed by atoms with E-state index in [4.69, 9.17) is 0 Å². The number of nitrogens with one attached hydrogen (secondary N) is 1. The molecule has 0 unspecified atom stereocenters. The molecular weight excluding hydrogens is 3630 g/mol. The van der Waals surface area contributed by atoms with Crippen LogP contribution in [0.3, 0.4) is 0 Å². The second-order valence-corrected chi connectivity index (χ2v) is 14.4. The van der Waals surface area contributed by atoms with Crippen LogP contribution in [0.25, 0.3) is 21.8 Å². The van der Waals surface area contributed by atoms with Crippen LogP contribution in [0.5, 0.6) is 0 Å². The number of carboxylic acid groups (broad SMARTS) is 1. The average Bonchev–Trinajstić information content (AvgIpc) is 3.61. The number of H-pyrrole nitrogens is 1. The van der Waals surface area contributed by atoms with Gasteiger partial charge in [0.25, 0.3) is 0 Å². The summed E-state index contributed by atoms with van der Waals surface area (Å²) in [6.07, 6.45) is 9.71. The van der Waals surface area contributed by atoms with Crippen molar-refractivity contribution in [2.75, 3.05) is 26.2 Å². The van der Waals surface area contributed by atoms with E-state index in [1.807, 2.05) is 0 Å². The Morgan fingerprint density at radius 1 is 0.387 bits per heavy atom. The summed E-state index contributed by atoms with van der Waals surface area (Å²) in [7, 11) is 0. The minimum Gasteiger partial charge on any atom is -0.481 e. The molecule has 2 saturated heterocycles. The summed E-state index contributed by atoms with van der Waals surface area (Å²) >= 11 is 0. The number of nitrogens with zero attached hydrogens (tertiary/aromatic N) is 3. The van der Waals surface area contributed by atoms with E-state index in [9.17, 15) is 14.7 Å². The molecule has 67 heteroatoms. The number of aliphatic carboxylic acids is 1. The zero-order valence-electron chi connectivity index (χ0n) is 53.6. The van der Waals surface area contributed by atoms with E-state index in [0.717, 1.165) is 70.1 Å². The van der Waals surface area contributed by atoms with Gasteiger partial charge in [-0.2, -0.15) is 0 Å². The molecule has 5 aliphatic rings. The first kappa shape index (κ1) is 367. The molecule has 0 spiro atoms. The molecule has 9 rings (SSSR count). The smallest absolute Gasteiger partial charge is 0.303 e. The molecule has 2 fully saturated rings. The van der Waals surface area contributed by atoms with Crippen molar-refractivity contribution in [2.45, 2.75) is 97.6 Å². The number of fused-ring (bicyclic) bond motifs is 8. The number of para-hydroxylation sites is 2. The van der Waals surface area contributed by atoms with Gasteiger partial charge in [-0.3, -0.25) is 24.0 Å². The van der Waals surface area contributed by atoms with Crippen LogP contribution >= 0.6 is 0 Å². The van der Waals surface area contributed by atoms with Crippen LogP contribution in [-0.2, 0) is 1130 Å². The topological polar surface area (TPSA) is 81.6 Å². The maximum Gasteiger partial charge on any atom is 0.303 e. The third kappa shape index (κ3) is 104. The molecule has 0 aliphatic carbocycles. The standard InChI is InChI=1S/C19H24N2O2.C19H22N2O.CH4.60V/c1-2-19(12-16(22)23)9-5-10-21-11-8-14-13-6-3-4-7-15(13)20-17(14)18(19)21;1-2-19-9-5-10-20-11-8-14-13-6-3-4-7-15(13)21(16(22)12-19)17(14)18(19)20;;;;;;;;;;;;;;;;;;;;;;;;;;;;;;;;;;;;;;;;;;;;;;;;;;;;;;;;;;;;;/h3-4,6-7,18,20H,2,5,8-12H2,1H3,(H,22,23);3-4,6-7,18H,2,5,8-12H2,1H3;1H4;;;;;;;;;;;;;;;;;;;;;;;;;;;;;;;;;;;;;;;;;;;;;;;;;;;;;;;;;;;;/t2*18-,19+;;;;;;;;;;;;;;;;;;;;;;;;;;;;;;;;;;;;;;;;;;;;;;;;;;;;;;;;;;;;;/m11............................................................./s1. The summed E-state index contributed by atoms with van der Waals surface area (Å²) in [6, 6.07) is 17.6. The van der Waals surface area contributed by atoms with E-state index in [0.29, 0.717) is 11.9 Å². The Bertz CT molecular complexity index is 1910. The summed E-state index contributed by atoms with van der Waals surface area (Å²) in [5.74, 6) is -0.351. The molecule has 0 bridgehead atoms. The molecule has 2 N–H and O–H groups in total. The fraction of sp³-hybridized carbons (Fsp3) is 0.538.